The fourth-order valence-electron chi connectivity index (χ4n) is 4.84. The summed E-state index contributed by atoms with van der Waals surface area (Å²) in [7, 11) is -2.41. The van der Waals surface area contributed by atoms with Crippen LogP contribution in [0, 0.1) is 6.92 Å². The average Bonchev–Trinajstić information content (AvgIpc) is 3.40. The van der Waals surface area contributed by atoms with Gasteiger partial charge in [0.1, 0.15) is 0 Å². The van der Waals surface area contributed by atoms with Crippen molar-refractivity contribution in [1.82, 2.24) is 13.4 Å². The first-order chi connectivity index (χ1) is 16.8. The molecule has 8 heteroatoms. The van der Waals surface area contributed by atoms with Gasteiger partial charge in [-0.05, 0) is 48.4 Å². The van der Waals surface area contributed by atoms with E-state index < -0.39 is 21.8 Å². The highest BCUT2D eigenvalue weighted by molar-refractivity contribution is 7.89. The van der Waals surface area contributed by atoms with Gasteiger partial charge in [-0.3, -0.25) is 4.57 Å². The van der Waals surface area contributed by atoms with Gasteiger partial charge in [-0.2, -0.15) is 4.31 Å². The largest absolute Gasteiger partial charge is 0.419 e. The van der Waals surface area contributed by atoms with Crippen molar-refractivity contribution in [2.24, 2.45) is 7.05 Å². The molecule has 1 aliphatic rings. The maximum Gasteiger partial charge on any atom is 0.419 e. The topological polar surface area (TPSA) is 77.5 Å². The average molecular weight is 486 g/mol. The Hall–Kier alpha value is -3.88. The lowest BCUT2D eigenvalue weighted by Crippen LogP contribution is -2.34. The van der Waals surface area contributed by atoms with Crippen LogP contribution < -0.4 is 5.76 Å². The second-order valence-corrected chi connectivity index (χ2v) is 10.7. The Labute approximate surface area is 202 Å². The van der Waals surface area contributed by atoms with Gasteiger partial charge in [-0.15, -0.1) is 0 Å². The van der Waals surface area contributed by atoms with E-state index in [1.807, 2.05) is 73.8 Å². The molecule has 1 atom stereocenters. The summed E-state index contributed by atoms with van der Waals surface area (Å²) in [6, 6.07) is 23.7. The molecule has 0 fully saturated rings. The van der Waals surface area contributed by atoms with E-state index in [1.165, 1.54) is 21.0 Å². The summed E-state index contributed by atoms with van der Waals surface area (Å²) in [4.78, 5) is 12.1. The van der Waals surface area contributed by atoms with E-state index in [2.05, 4.69) is 4.57 Å². The van der Waals surface area contributed by atoms with Gasteiger partial charge < -0.3 is 8.98 Å². The molecule has 0 saturated carbocycles. The van der Waals surface area contributed by atoms with Crippen LogP contribution in [0.3, 0.4) is 0 Å². The fourth-order valence-corrected chi connectivity index (χ4v) is 6.43. The molecule has 3 heterocycles. The van der Waals surface area contributed by atoms with E-state index in [4.69, 9.17) is 4.42 Å². The maximum atomic E-state index is 14.3. The number of aryl methyl sites for hydroxylation is 2. The van der Waals surface area contributed by atoms with Crippen LogP contribution in [-0.4, -0.2) is 21.9 Å². The Morgan fingerprint density at radius 1 is 0.943 bits per heavy atom. The molecule has 0 spiro atoms. The minimum absolute atomic E-state index is 0.0777. The first kappa shape index (κ1) is 21.6. The van der Waals surface area contributed by atoms with Crippen LogP contribution in [0.15, 0.2) is 99.2 Å². The zero-order chi connectivity index (χ0) is 24.3. The van der Waals surface area contributed by atoms with Gasteiger partial charge in [-0.25, -0.2) is 13.2 Å². The van der Waals surface area contributed by atoms with E-state index in [0.717, 1.165) is 28.1 Å². The predicted octanol–water partition coefficient (Wildman–Crippen LogP) is 4.52. The first-order valence-electron chi connectivity index (χ1n) is 11.3. The fraction of sp³-hybridized carbons (Fsp3) is 0.148. The van der Waals surface area contributed by atoms with Gasteiger partial charge in [0.25, 0.3) is 0 Å². The van der Waals surface area contributed by atoms with E-state index in [-0.39, 0.29) is 17.0 Å². The number of rotatable bonds is 3. The molecule has 1 aliphatic heterocycles. The van der Waals surface area contributed by atoms with Crippen LogP contribution in [0.1, 0.15) is 28.4 Å². The molecular weight excluding hydrogens is 462 g/mol. The number of hydrogen-bond acceptors (Lipinski definition) is 4. The minimum atomic E-state index is -4.00. The van der Waals surface area contributed by atoms with Crippen molar-refractivity contribution in [3.8, 4) is 5.69 Å². The number of aromatic nitrogens is 2. The maximum absolute atomic E-state index is 14.3. The van der Waals surface area contributed by atoms with Gasteiger partial charge in [0.05, 0.1) is 16.5 Å². The Morgan fingerprint density at radius 2 is 1.71 bits per heavy atom. The lowest BCUT2D eigenvalue weighted by molar-refractivity contribution is 0.353. The van der Waals surface area contributed by atoms with Crippen molar-refractivity contribution in [1.29, 1.82) is 0 Å². The zero-order valence-corrected chi connectivity index (χ0v) is 20.1. The molecule has 0 aliphatic carbocycles. The van der Waals surface area contributed by atoms with Crippen molar-refractivity contribution in [2.45, 2.75) is 24.4 Å². The zero-order valence-electron chi connectivity index (χ0n) is 19.3. The second-order valence-electron chi connectivity index (χ2n) is 8.85. The Morgan fingerprint density at radius 3 is 2.51 bits per heavy atom. The normalized spacial score (nSPS) is 16.1. The quantitative estimate of drug-likeness (QED) is 0.376. The van der Waals surface area contributed by atoms with Gasteiger partial charge >= 0.3 is 5.76 Å². The van der Waals surface area contributed by atoms with Crippen molar-refractivity contribution in [3.05, 3.63) is 118 Å². The molecule has 0 radical (unpaired) electrons. The lowest BCUT2D eigenvalue weighted by atomic mass is 10.0. The summed E-state index contributed by atoms with van der Waals surface area (Å²) < 4.78 is 38.8. The van der Waals surface area contributed by atoms with Crippen LogP contribution in [0.4, 0.5) is 0 Å². The Kier molecular flexibility index (Phi) is 4.84. The van der Waals surface area contributed by atoms with Crippen LogP contribution in [0.2, 0.25) is 0 Å². The van der Waals surface area contributed by atoms with E-state index in [1.54, 1.807) is 13.1 Å². The van der Waals surface area contributed by atoms with E-state index in [9.17, 15) is 13.2 Å². The van der Waals surface area contributed by atoms with Gasteiger partial charge in [0.2, 0.25) is 10.0 Å². The molecule has 7 nitrogen and oxygen atoms in total. The van der Waals surface area contributed by atoms with Gasteiger partial charge in [0.15, 0.2) is 5.58 Å². The number of benzene rings is 3. The number of para-hydroxylation sites is 1. The molecule has 0 saturated heterocycles. The van der Waals surface area contributed by atoms with E-state index in [0.29, 0.717) is 5.52 Å². The molecule has 6 rings (SSSR count). The predicted molar refractivity (Wildman–Crippen MR) is 133 cm³/mol. The van der Waals surface area contributed by atoms with Crippen LogP contribution >= 0.6 is 0 Å². The number of oxazole rings is 1. The molecule has 5 aromatic rings. The summed E-state index contributed by atoms with van der Waals surface area (Å²) in [5.41, 5.74) is 5.46. The highest BCUT2D eigenvalue weighted by Crippen LogP contribution is 2.40. The number of nitrogens with zero attached hydrogens (tertiary/aromatic N) is 3. The number of hydrogen-bond donors (Lipinski definition) is 0. The minimum Gasteiger partial charge on any atom is -0.408 e. The third kappa shape index (κ3) is 3.37. The molecule has 0 unspecified atom stereocenters. The van der Waals surface area contributed by atoms with Crippen LogP contribution in [0.5, 0.6) is 0 Å². The standard InChI is InChI=1S/C27H23N3O4S/c1-18-9-11-19(12-10-18)26-24-8-5-15-29(24)22-7-4-3-6-20(22)17-30(26)35(32,33)21-13-14-23-25(16-21)34-27(31)28(23)2/h3-16,26H,17H2,1-2H3/t26-/m0/s1. The third-order valence-electron chi connectivity index (χ3n) is 6.69. The van der Waals surface area contributed by atoms with Gasteiger partial charge in [-0.1, -0.05) is 48.0 Å². The molecule has 0 bridgehead atoms. The number of sulfonamides is 1. The highest BCUT2D eigenvalue weighted by atomic mass is 32.2. The third-order valence-corrected chi connectivity index (χ3v) is 8.50. The smallest absolute Gasteiger partial charge is 0.408 e. The van der Waals surface area contributed by atoms with Gasteiger partial charge in [0, 0.05) is 37.2 Å². The summed E-state index contributed by atoms with van der Waals surface area (Å²) in [6.07, 6.45) is 1.97. The summed E-state index contributed by atoms with van der Waals surface area (Å²) in [5.74, 6) is -0.534. The molecule has 176 valence electrons. The molecular formula is C27H23N3O4S. The Bertz CT molecular complexity index is 1740. The van der Waals surface area contributed by atoms with Crippen LogP contribution in [-0.2, 0) is 23.6 Å². The summed E-state index contributed by atoms with van der Waals surface area (Å²) >= 11 is 0. The molecule has 35 heavy (non-hydrogen) atoms. The van der Waals surface area contributed by atoms with E-state index >= 15 is 0 Å². The first-order valence-corrected chi connectivity index (χ1v) is 12.7. The summed E-state index contributed by atoms with van der Waals surface area (Å²) in [6.45, 7) is 2.20. The molecule has 2 aromatic heterocycles. The van der Waals surface area contributed by atoms with Crippen molar-refractivity contribution < 1.29 is 12.8 Å². The molecule has 0 amide bonds. The number of fused-ring (bicyclic) bond motifs is 4. The molecule has 0 N–H and O–H groups in total. The second kappa shape index (κ2) is 7.83. The highest BCUT2D eigenvalue weighted by Gasteiger charge is 2.38. The Balaban J connectivity index is 1.59. The van der Waals surface area contributed by atoms with Crippen molar-refractivity contribution >= 4 is 21.1 Å². The molecule has 3 aromatic carbocycles. The SMILES string of the molecule is Cc1ccc([C@H]2c3cccn3-c3ccccc3CN2S(=O)(=O)c2ccc3c(c2)oc(=O)n3C)cc1. The van der Waals surface area contributed by atoms with Crippen molar-refractivity contribution in [3.63, 3.8) is 0 Å². The summed E-state index contributed by atoms with van der Waals surface area (Å²) in [5, 5.41) is 0. The monoisotopic (exact) mass is 485 g/mol. The lowest BCUT2D eigenvalue weighted by Gasteiger charge is -2.30. The van der Waals surface area contributed by atoms with Crippen LogP contribution in [0.25, 0.3) is 16.8 Å². The van der Waals surface area contributed by atoms with Crippen molar-refractivity contribution in [2.75, 3.05) is 0 Å².